The number of hydrogen-bond donors (Lipinski definition) is 0. The van der Waals surface area contributed by atoms with E-state index < -0.39 is 0 Å². The van der Waals surface area contributed by atoms with Crippen molar-refractivity contribution in [3.63, 3.8) is 0 Å². The second kappa shape index (κ2) is 13.7. The summed E-state index contributed by atoms with van der Waals surface area (Å²) < 4.78 is 0. The van der Waals surface area contributed by atoms with Crippen molar-refractivity contribution in [2.24, 2.45) is 0 Å². The second-order valence-electron chi connectivity index (χ2n) is 11.0. The Hall–Kier alpha value is -6.00. The molecule has 6 aromatic rings. The molecule has 0 heterocycles. The molecule has 0 N–H and O–H groups in total. The maximum Gasteiger partial charge on any atom is 0.163 e. The molecule has 4 heteroatoms. The minimum absolute atomic E-state index is 0.198. The number of rotatable bonds is 10. The van der Waals surface area contributed by atoms with E-state index in [4.69, 9.17) is 0 Å². The minimum Gasteiger partial charge on any atom is -0.311 e. The summed E-state index contributed by atoms with van der Waals surface area (Å²) in [5.41, 5.74) is 9.56. The van der Waals surface area contributed by atoms with Gasteiger partial charge in [-0.25, -0.2) is 0 Å². The van der Waals surface area contributed by atoms with Crippen LogP contribution >= 0.6 is 0 Å². The van der Waals surface area contributed by atoms with Crippen molar-refractivity contribution >= 4 is 51.8 Å². The van der Waals surface area contributed by atoms with Gasteiger partial charge in [0, 0.05) is 34.1 Å². The van der Waals surface area contributed by atoms with Crippen LogP contribution in [0.3, 0.4) is 0 Å². The summed E-state index contributed by atoms with van der Waals surface area (Å²) in [6.45, 7) is 2.84. The van der Waals surface area contributed by atoms with Gasteiger partial charge in [0.2, 0.25) is 0 Å². The maximum absolute atomic E-state index is 11.9. The first-order valence-electron chi connectivity index (χ1n) is 15.3. The summed E-state index contributed by atoms with van der Waals surface area (Å²) in [6.07, 6.45) is 1.65. The first-order chi connectivity index (χ1) is 22.5. The average Bonchev–Trinajstić information content (AvgIpc) is 3.10. The molecule has 0 saturated heterocycles. The summed E-state index contributed by atoms with van der Waals surface area (Å²) in [4.78, 5) is 28.3. The lowest BCUT2D eigenvalue weighted by molar-refractivity contribution is -0.119. The number of allylic oxidation sites excluding steroid dienone is 1. The van der Waals surface area contributed by atoms with E-state index >= 15 is 0 Å². The molecule has 4 nitrogen and oxygen atoms in total. The Labute approximate surface area is 270 Å². The zero-order valence-electron chi connectivity index (χ0n) is 25.9. The van der Waals surface area contributed by atoms with Gasteiger partial charge in [0.25, 0.3) is 0 Å². The van der Waals surface area contributed by atoms with Gasteiger partial charge in [-0.15, -0.1) is 0 Å². The van der Waals surface area contributed by atoms with Crippen molar-refractivity contribution in [2.45, 2.75) is 13.8 Å². The summed E-state index contributed by atoms with van der Waals surface area (Å²) in [7, 11) is 0. The predicted molar refractivity (Wildman–Crippen MR) is 191 cm³/mol. The summed E-state index contributed by atoms with van der Waals surface area (Å²) in [5, 5.41) is 0. The molecule has 0 atom stereocenters. The van der Waals surface area contributed by atoms with Crippen LogP contribution in [0.15, 0.2) is 169 Å². The Morgan fingerprint density at radius 1 is 0.391 bits per heavy atom. The highest BCUT2D eigenvalue weighted by molar-refractivity contribution is 6.21. The molecule has 0 amide bonds. The van der Waals surface area contributed by atoms with Gasteiger partial charge in [0.1, 0.15) is 0 Å². The van der Waals surface area contributed by atoms with Gasteiger partial charge in [0.15, 0.2) is 11.6 Å². The number of ketones is 2. The summed E-state index contributed by atoms with van der Waals surface area (Å²) >= 11 is 0. The highest BCUT2D eigenvalue weighted by Gasteiger charge is 2.15. The van der Waals surface area contributed by atoms with Crippen LogP contribution in [0.4, 0.5) is 34.1 Å². The third-order valence-corrected chi connectivity index (χ3v) is 7.85. The van der Waals surface area contributed by atoms with Crippen LogP contribution < -0.4 is 9.80 Å². The van der Waals surface area contributed by atoms with Crippen molar-refractivity contribution < 1.29 is 9.59 Å². The fraction of sp³-hybridized carbons (Fsp3) is 0.0476. The Bertz CT molecular complexity index is 1890. The molecule has 0 bridgehead atoms. The maximum atomic E-state index is 11.9. The van der Waals surface area contributed by atoms with E-state index in [1.54, 1.807) is 6.08 Å². The first-order valence-corrected chi connectivity index (χ1v) is 15.3. The van der Waals surface area contributed by atoms with Crippen LogP contribution in [0.25, 0.3) is 17.2 Å². The molecule has 0 saturated carbocycles. The van der Waals surface area contributed by atoms with Gasteiger partial charge < -0.3 is 9.80 Å². The number of carbonyl (C=O) groups excluding carboxylic acids is 2. The largest absolute Gasteiger partial charge is 0.311 e. The quantitative estimate of drug-likeness (QED) is 0.0893. The van der Waals surface area contributed by atoms with Crippen molar-refractivity contribution in [1.29, 1.82) is 0 Å². The fourth-order valence-corrected chi connectivity index (χ4v) is 5.57. The highest BCUT2D eigenvalue weighted by atomic mass is 16.1. The van der Waals surface area contributed by atoms with Crippen molar-refractivity contribution in [3.8, 4) is 11.1 Å². The number of Topliss-reactive ketones (excluding diaryl/α,β-unsaturated/α-hetero) is 2. The van der Waals surface area contributed by atoms with Gasteiger partial charge >= 0.3 is 0 Å². The van der Waals surface area contributed by atoms with E-state index in [1.165, 1.54) is 13.8 Å². The zero-order valence-corrected chi connectivity index (χ0v) is 25.9. The molecule has 0 aliphatic rings. The topological polar surface area (TPSA) is 40.6 Å². The lowest BCUT2D eigenvalue weighted by Gasteiger charge is -2.26. The molecule has 224 valence electrons. The van der Waals surface area contributed by atoms with E-state index in [1.807, 2.05) is 54.6 Å². The minimum atomic E-state index is -0.234. The van der Waals surface area contributed by atoms with Crippen LogP contribution in [0.2, 0.25) is 0 Å². The first kappa shape index (κ1) is 30.0. The monoisotopic (exact) mass is 598 g/mol. The average molecular weight is 599 g/mol. The lowest BCUT2D eigenvalue weighted by atomic mass is 10.0. The normalized spacial score (nSPS) is 10.6. The highest BCUT2D eigenvalue weighted by Crippen LogP contribution is 2.38. The van der Waals surface area contributed by atoms with Gasteiger partial charge in [-0.05, 0) is 109 Å². The third-order valence-electron chi connectivity index (χ3n) is 7.85. The van der Waals surface area contributed by atoms with E-state index in [-0.39, 0.29) is 17.1 Å². The number of nitrogens with zero attached hydrogens (tertiary/aromatic N) is 2. The van der Waals surface area contributed by atoms with Crippen LogP contribution in [-0.2, 0) is 9.59 Å². The van der Waals surface area contributed by atoms with Gasteiger partial charge in [-0.1, -0.05) is 91.0 Å². The van der Waals surface area contributed by atoms with Crippen LogP contribution in [0.1, 0.15) is 19.4 Å². The van der Waals surface area contributed by atoms with E-state index in [9.17, 15) is 9.59 Å². The van der Waals surface area contributed by atoms with Crippen molar-refractivity contribution in [2.75, 3.05) is 9.80 Å². The van der Waals surface area contributed by atoms with E-state index in [0.717, 1.165) is 50.8 Å². The Morgan fingerprint density at radius 2 is 0.674 bits per heavy atom. The smallest absolute Gasteiger partial charge is 0.163 e. The SMILES string of the molecule is CC(=O)C(=Cc1ccc(N(c2ccccc2)c2ccc(-c3ccc(N(c4ccccc4)c4ccccc4)cc3)cc2)cc1)C(C)=O. The molecule has 6 aromatic carbocycles. The second-order valence-corrected chi connectivity index (χ2v) is 11.0. The van der Waals surface area contributed by atoms with Gasteiger partial charge in [0.05, 0.1) is 5.57 Å². The number of carbonyl (C=O) groups is 2. The zero-order chi connectivity index (χ0) is 31.9. The van der Waals surface area contributed by atoms with E-state index in [2.05, 4.69) is 119 Å². The molecule has 0 fully saturated rings. The lowest BCUT2D eigenvalue weighted by Crippen LogP contribution is -2.10. The number of para-hydroxylation sites is 3. The third kappa shape index (κ3) is 6.72. The summed E-state index contributed by atoms with van der Waals surface area (Å²) in [6, 6.07) is 56.1. The Kier molecular flexibility index (Phi) is 8.98. The molecular weight excluding hydrogens is 564 g/mol. The molecule has 46 heavy (non-hydrogen) atoms. The number of benzene rings is 6. The number of hydrogen-bond acceptors (Lipinski definition) is 4. The van der Waals surface area contributed by atoms with Crippen LogP contribution in [-0.4, -0.2) is 11.6 Å². The number of anilines is 6. The molecule has 0 aliphatic heterocycles. The van der Waals surface area contributed by atoms with Gasteiger partial charge in [-0.3, -0.25) is 9.59 Å². The molecule has 0 aliphatic carbocycles. The molecular formula is C42H34N2O2. The molecule has 6 rings (SSSR count). The predicted octanol–water partition coefficient (Wildman–Crippen LogP) is 10.9. The van der Waals surface area contributed by atoms with Crippen LogP contribution in [0, 0.1) is 0 Å². The van der Waals surface area contributed by atoms with Crippen molar-refractivity contribution in [1.82, 2.24) is 0 Å². The summed E-state index contributed by atoms with van der Waals surface area (Å²) in [5.74, 6) is -0.469. The molecule has 0 aromatic heterocycles. The molecule has 0 radical (unpaired) electrons. The fourth-order valence-electron chi connectivity index (χ4n) is 5.57. The standard InChI is InChI=1S/C42H34N2O2/c1-31(45)42(32(2)46)30-33-18-24-39(25-19-33)44(38-16-10-5-11-17-38)41-28-22-35(23-29-41)34-20-26-40(27-21-34)43(36-12-6-3-7-13-36)37-14-8-4-9-15-37/h3-30H,1-2H3. The Morgan fingerprint density at radius 3 is 0.978 bits per heavy atom. The van der Waals surface area contributed by atoms with Crippen LogP contribution in [0.5, 0.6) is 0 Å². The van der Waals surface area contributed by atoms with E-state index in [0.29, 0.717) is 0 Å². The molecule has 0 spiro atoms. The van der Waals surface area contributed by atoms with Gasteiger partial charge in [-0.2, -0.15) is 0 Å². The molecule has 0 unspecified atom stereocenters. The van der Waals surface area contributed by atoms with Crippen molar-refractivity contribution in [3.05, 3.63) is 175 Å². The Balaban J connectivity index is 1.29.